The molecule has 0 bridgehead atoms. The first kappa shape index (κ1) is 8.02. The Morgan fingerprint density at radius 1 is 1.67 bits per heavy atom. The quantitative estimate of drug-likeness (QED) is 0.453. The first-order valence-electron chi connectivity index (χ1n) is 2.92. The van der Waals surface area contributed by atoms with Crippen molar-refractivity contribution in [2.45, 2.75) is 13.3 Å². The lowest BCUT2D eigenvalue weighted by Gasteiger charge is -1.97. The standard InChI is InChI=1S/C8H12O/c1-4-6-8(5-2)7(3)9/h4,6,9H,1,3,5H2,2H3/b8-6-. The van der Waals surface area contributed by atoms with Gasteiger partial charge in [-0.05, 0) is 12.0 Å². The van der Waals surface area contributed by atoms with E-state index in [2.05, 4.69) is 13.2 Å². The molecule has 0 aliphatic heterocycles. The van der Waals surface area contributed by atoms with Crippen LogP contribution in [-0.4, -0.2) is 5.11 Å². The molecule has 0 aromatic rings. The van der Waals surface area contributed by atoms with Crippen molar-refractivity contribution >= 4 is 0 Å². The fraction of sp³-hybridized carbons (Fsp3) is 0.250. The summed E-state index contributed by atoms with van der Waals surface area (Å²) in [6, 6.07) is 0. The van der Waals surface area contributed by atoms with Gasteiger partial charge in [-0.1, -0.05) is 32.2 Å². The normalized spacial score (nSPS) is 11.0. The van der Waals surface area contributed by atoms with Gasteiger partial charge in [0.2, 0.25) is 0 Å². The van der Waals surface area contributed by atoms with Gasteiger partial charge in [0, 0.05) is 0 Å². The lowest BCUT2D eigenvalue weighted by Crippen LogP contribution is -1.82. The number of aliphatic hydroxyl groups is 1. The van der Waals surface area contributed by atoms with Gasteiger partial charge in [0.15, 0.2) is 0 Å². The van der Waals surface area contributed by atoms with Gasteiger partial charge in [-0.15, -0.1) is 0 Å². The number of hydrogen-bond acceptors (Lipinski definition) is 1. The SMILES string of the molecule is C=C/C=C(/CC)C(=C)O. The number of allylic oxidation sites excluding steroid dienone is 3. The van der Waals surface area contributed by atoms with Crippen LogP contribution in [0.15, 0.2) is 36.6 Å². The maximum absolute atomic E-state index is 8.83. The van der Waals surface area contributed by atoms with E-state index in [4.69, 9.17) is 5.11 Å². The zero-order valence-electron chi connectivity index (χ0n) is 5.72. The summed E-state index contributed by atoms with van der Waals surface area (Å²) in [6.07, 6.45) is 4.18. The maximum atomic E-state index is 8.83. The summed E-state index contributed by atoms with van der Waals surface area (Å²) in [5.41, 5.74) is 0.838. The van der Waals surface area contributed by atoms with Gasteiger partial charge in [-0.25, -0.2) is 0 Å². The molecule has 1 nitrogen and oxygen atoms in total. The van der Waals surface area contributed by atoms with Crippen LogP contribution in [0.4, 0.5) is 0 Å². The number of rotatable bonds is 3. The third kappa shape index (κ3) is 2.75. The van der Waals surface area contributed by atoms with Crippen LogP contribution in [0.25, 0.3) is 0 Å². The molecule has 0 aromatic carbocycles. The van der Waals surface area contributed by atoms with Gasteiger partial charge in [0.1, 0.15) is 5.76 Å². The van der Waals surface area contributed by atoms with Gasteiger partial charge in [0.05, 0.1) is 0 Å². The first-order chi connectivity index (χ1) is 4.22. The molecule has 0 spiro atoms. The van der Waals surface area contributed by atoms with Crippen molar-refractivity contribution in [3.05, 3.63) is 36.6 Å². The highest BCUT2D eigenvalue weighted by Crippen LogP contribution is 2.07. The van der Waals surface area contributed by atoms with Crippen molar-refractivity contribution in [2.75, 3.05) is 0 Å². The van der Waals surface area contributed by atoms with E-state index in [1.54, 1.807) is 12.2 Å². The van der Waals surface area contributed by atoms with E-state index < -0.39 is 0 Å². The van der Waals surface area contributed by atoms with Crippen LogP contribution >= 0.6 is 0 Å². The average Bonchev–Trinajstić information content (AvgIpc) is 1.82. The molecule has 1 N–H and O–H groups in total. The Hall–Kier alpha value is -0.980. The van der Waals surface area contributed by atoms with Gasteiger partial charge in [0.25, 0.3) is 0 Å². The molecule has 0 unspecified atom stereocenters. The van der Waals surface area contributed by atoms with Gasteiger partial charge in [-0.3, -0.25) is 0 Å². The molecular formula is C8H12O. The van der Waals surface area contributed by atoms with E-state index in [-0.39, 0.29) is 5.76 Å². The van der Waals surface area contributed by atoms with Crippen LogP contribution in [0.5, 0.6) is 0 Å². The van der Waals surface area contributed by atoms with Crippen molar-refractivity contribution in [1.29, 1.82) is 0 Å². The zero-order valence-corrected chi connectivity index (χ0v) is 5.72. The smallest absolute Gasteiger partial charge is 0.111 e. The van der Waals surface area contributed by atoms with E-state index in [0.29, 0.717) is 0 Å². The Kier molecular flexibility index (Phi) is 3.52. The molecule has 0 fully saturated rings. The largest absolute Gasteiger partial charge is 0.508 e. The zero-order chi connectivity index (χ0) is 7.28. The van der Waals surface area contributed by atoms with Gasteiger partial charge < -0.3 is 5.11 Å². The molecular weight excluding hydrogens is 112 g/mol. The molecule has 0 saturated carbocycles. The number of hydrogen-bond donors (Lipinski definition) is 1. The van der Waals surface area contributed by atoms with E-state index in [1.165, 1.54) is 0 Å². The lowest BCUT2D eigenvalue weighted by atomic mass is 10.1. The molecule has 0 atom stereocenters. The third-order valence-corrected chi connectivity index (χ3v) is 1.07. The fourth-order valence-electron chi connectivity index (χ4n) is 0.560. The second kappa shape index (κ2) is 3.96. The molecule has 0 aliphatic carbocycles. The minimum atomic E-state index is 0.136. The van der Waals surface area contributed by atoms with Crippen molar-refractivity contribution in [2.24, 2.45) is 0 Å². The van der Waals surface area contributed by atoms with Crippen molar-refractivity contribution in [3.63, 3.8) is 0 Å². The predicted molar refractivity (Wildman–Crippen MR) is 40.3 cm³/mol. The second-order valence-corrected chi connectivity index (χ2v) is 1.73. The van der Waals surface area contributed by atoms with E-state index in [0.717, 1.165) is 12.0 Å². The molecule has 50 valence electrons. The summed E-state index contributed by atoms with van der Waals surface area (Å²) in [5, 5.41) is 8.83. The summed E-state index contributed by atoms with van der Waals surface area (Å²) < 4.78 is 0. The third-order valence-electron chi connectivity index (χ3n) is 1.07. The van der Waals surface area contributed by atoms with Crippen LogP contribution in [0.2, 0.25) is 0 Å². The summed E-state index contributed by atoms with van der Waals surface area (Å²) >= 11 is 0. The van der Waals surface area contributed by atoms with Crippen LogP contribution < -0.4 is 0 Å². The second-order valence-electron chi connectivity index (χ2n) is 1.73. The Balaban J connectivity index is 4.14. The minimum absolute atomic E-state index is 0.136. The summed E-state index contributed by atoms with van der Waals surface area (Å²) in [6.45, 7) is 8.84. The molecule has 0 saturated heterocycles. The molecule has 0 aromatic heterocycles. The Morgan fingerprint density at radius 3 is 2.33 bits per heavy atom. The molecule has 9 heavy (non-hydrogen) atoms. The van der Waals surface area contributed by atoms with Crippen LogP contribution in [-0.2, 0) is 0 Å². The van der Waals surface area contributed by atoms with Crippen LogP contribution in [0.1, 0.15) is 13.3 Å². The molecule has 0 rings (SSSR count). The molecule has 1 heteroatoms. The van der Waals surface area contributed by atoms with Gasteiger partial charge in [-0.2, -0.15) is 0 Å². The fourth-order valence-corrected chi connectivity index (χ4v) is 0.560. The number of aliphatic hydroxyl groups excluding tert-OH is 1. The first-order valence-corrected chi connectivity index (χ1v) is 2.92. The summed E-state index contributed by atoms with van der Waals surface area (Å²) in [5.74, 6) is 0.136. The van der Waals surface area contributed by atoms with E-state index in [1.807, 2.05) is 6.92 Å². The molecule has 0 aliphatic rings. The van der Waals surface area contributed by atoms with Gasteiger partial charge >= 0.3 is 0 Å². The highest BCUT2D eigenvalue weighted by Gasteiger charge is 1.92. The average molecular weight is 124 g/mol. The van der Waals surface area contributed by atoms with Crippen molar-refractivity contribution in [3.8, 4) is 0 Å². The van der Waals surface area contributed by atoms with E-state index in [9.17, 15) is 0 Å². The Labute approximate surface area is 56.0 Å². The lowest BCUT2D eigenvalue weighted by molar-refractivity contribution is 0.423. The van der Waals surface area contributed by atoms with Crippen LogP contribution in [0.3, 0.4) is 0 Å². The Bertz CT molecular complexity index is 143. The molecule has 0 radical (unpaired) electrons. The van der Waals surface area contributed by atoms with E-state index >= 15 is 0 Å². The minimum Gasteiger partial charge on any atom is -0.508 e. The summed E-state index contributed by atoms with van der Waals surface area (Å²) in [7, 11) is 0. The maximum Gasteiger partial charge on any atom is 0.111 e. The van der Waals surface area contributed by atoms with Crippen LogP contribution in [0, 0.1) is 0 Å². The Morgan fingerprint density at radius 2 is 2.22 bits per heavy atom. The topological polar surface area (TPSA) is 20.2 Å². The highest BCUT2D eigenvalue weighted by molar-refractivity contribution is 5.25. The van der Waals surface area contributed by atoms with Crippen molar-refractivity contribution < 1.29 is 5.11 Å². The summed E-state index contributed by atoms with van der Waals surface area (Å²) in [4.78, 5) is 0. The molecule has 0 amide bonds. The highest BCUT2D eigenvalue weighted by atomic mass is 16.3. The predicted octanol–water partition coefficient (Wildman–Crippen LogP) is 2.58. The van der Waals surface area contributed by atoms with Crippen molar-refractivity contribution in [1.82, 2.24) is 0 Å². The monoisotopic (exact) mass is 124 g/mol. The molecule has 0 heterocycles.